The molecule has 2 atom stereocenters. The van der Waals surface area contributed by atoms with Crippen LogP contribution in [0.4, 0.5) is 4.39 Å². The SMILES string of the molecule is CC(C)OC[C@H](O)CN(Cc1c(-c2ccccc2)nn(C)c1Oc1ccccc1F)C[C@H]1CCCO1. The first-order chi connectivity index (χ1) is 17.4. The fraction of sp³-hybridized carbons (Fsp3) is 0.464. The molecular weight excluding hydrogens is 461 g/mol. The van der Waals surface area contributed by atoms with E-state index < -0.39 is 11.9 Å². The van der Waals surface area contributed by atoms with E-state index in [9.17, 15) is 9.50 Å². The lowest BCUT2D eigenvalue weighted by Crippen LogP contribution is -2.39. The van der Waals surface area contributed by atoms with E-state index in [1.165, 1.54) is 6.07 Å². The number of benzene rings is 2. The maximum Gasteiger partial charge on any atom is 0.222 e. The van der Waals surface area contributed by atoms with E-state index in [1.807, 2.05) is 44.2 Å². The topological polar surface area (TPSA) is 69.0 Å². The quantitative estimate of drug-likeness (QED) is 0.388. The molecule has 0 saturated carbocycles. The first-order valence-corrected chi connectivity index (χ1v) is 12.6. The number of aryl methyl sites for hydroxylation is 1. The van der Waals surface area contributed by atoms with Gasteiger partial charge in [0.2, 0.25) is 5.88 Å². The highest BCUT2D eigenvalue weighted by atomic mass is 19.1. The Morgan fingerprint density at radius 2 is 1.92 bits per heavy atom. The minimum Gasteiger partial charge on any atom is -0.436 e. The van der Waals surface area contributed by atoms with Crippen molar-refractivity contribution in [3.05, 3.63) is 66.0 Å². The normalized spacial score (nSPS) is 16.7. The first kappa shape index (κ1) is 26.3. The van der Waals surface area contributed by atoms with Crippen LogP contribution < -0.4 is 4.74 Å². The molecular formula is C28H36FN3O4. The van der Waals surface area contributed by atoms with Crippen LogP contribution in [0.15, 0.2) is 54.6 Å². The van der Waals surface area contributed by atoms with E-state index in [-0.39, 0.29) is 24.6 Å². The summed E-state index contributed by atoms with van der Waals surface area (Å²) in [5.74, 6) is 0.157. The van der Waals surface area contributed by atoms with Gasteiger partial charge in [-0.25, -0.2) is 9.07 Å². The molecule has 4 rings (SSSR count). The molecule has 1 aromatic heterocycles. The number of hydrogen-bond acceptors (Lipinski definition) is 6. The van der Waals surface area contributed by atoms with Gasteiger partial charge in [-0.3, -0.25) is 4.90 Å². The Balaban J connectivity index is 1.67. The Morgan fingerprint density at radius 1 is 1.17 bits per heavy atom. The van der Waals surface area contributed by atoms with Crippen LogP contribution in [-0.2, 0) is 23.1 Å². The molecule has 1 N–H and O–H groups in total. The molecule has 1 aliphatic heterocycles. The van der Waals surface area contributed by atoms with Crippen LogP contribution in [0.25, 0.3) is 11.3 Å². The largest absolute Gasteiger partial charge is 0.436 e. The zero-order valence-corrected chi connectivity index (χ0v) is 21.3. The summed E-state index contributed by atoms with van der Waals surface area (Å²) in [7, 11) is 1.79. The van der Waals surface area contributed by atoms with Gasteiger partial charge < -0.3 is 19.3 Å². The number of ether oxygens (including phenoxy) is 3. The number of hydrogen-bond donors (Lipinski definition) is 1. The number of aromatic nitrogens is 2. The smallest absolute Gasteiger partial charge is 0.222 e. The minimum absolute atomic E-state index is 0.0371. The van der Waals surface area contributed by atoms with E-state index >= 15 is 0 Å². The predicted molar refractivity (Wildman–Crippen MR) is 136 cm³/mol. The van der Waals surface area contributed by atoms with Gasteiger partial charge in [0.1, 0.15) is 5.69 Å². The molecule has 2 heterocycles. The van der Waals surface area contributed by atoms with Crippen molar-refractivity contribution < 1.29 is 23.7 Å². The number of para-hydroxylation sites is 1. The molecule has 1 saturated heterocycles. The summed E-state index contributed by atoms with van der Waals surface area (Å²) in [6.45, 7) is 6.39. The third-order valence-corrected chi connectivity index (χ3v) is 6.14. The van der Waals surface area contributed by atoms with Gasteiger partial charge in [-0.1, -0.05) is 42.5 Å². The van der Waals surface area contributed by atoms with E-state index in [0.717, 1.165) is 36.3 Å². The summed E-state index contributed by atoms with van der Waals surface area (Å²) in [5.41, 5.74) is 2.52. The van der Waals surface area contributed by atoms with Crippen molar-refractivity contribution in [2.24, 2.45) is 7.05 Å². The van der Waals surface area contributed by atoms with Crippen molar-refractivity contribution in [1.82, 2.24) is 14.7 Å². The first-order valence-electron chi connectivity index (χ1n) is 12.6. The molecule has 0 spiro atoms. The van der Waals surface area contributed by atoms with Gasteiger partial charge in [-0.2, -0.15) is 5.10 Å². The van der Waals surface area contributed by atoms with Crippen molar-refractivity contribution in [1.29, 1.82) is 0 Å². The summed E-state index contributed by atoms with van der Waals surface area (Å²) < 4.78 is 33.8. The van der Waals surface area contributed by atoms with E-state index in [4.69, 9.17) is 19.3 Å². The summed E-state index contributed by atoms with van der Waals surface area (Å²) >= 11 is 0. The van der Waals surface area contributed by atoms with E-state index in [1.54, 1.807) is 29.9 Å². The van der Waals surface area contributed by atoms with Crippen LogP contribution in [0.3, 0.4) is 0 Å². The zero-order valence-electron chi connectivity index (χ0n) is 21.3. The Hall–Kier alpha value is -2.78. The number of nitrogens with zero attached hydrogens (tertiary/aromatic N) is 3. The van der Waals surface area contributed by atoms with Crippen LogP contribution in [0.2, 0.25) is 0 Å². The van der Waals surface area contributed by atoms with Gasteiger partial charge in [-0.15, -0.1) is 0 Å². The van der Waals surface area contributed by atoms with Gasteiger partial charge in [0.05, 0.1) is 30.5 Å². The fourth-order valence-electron chi connectivity index (χ4n) is 4.44. The van der Waals surface area contributed by atoms with Crippen LogP contribution in [-0.4, -0.2) is 64.4 Å². The summed E-state index contributed by atoms with van der Waals surface area (Å²) in [5, 5.41) is 15.5. The maximum atomic E-state index is 14.5. The number of rotatable bonds is 12. The second-order valence-corrected chi connectivity index (χ2v) is 9.52. The maximum absolute atomic E-state index is 14.5. The number of aliphatic hydroxyl groups is 1. The molecule has 2 aromatic carbocycles. The molecule has 0 bridgehead atoms. The summed E-state index contributed by atoms with van der Waals surface area (Å²) in [6, 6.07) is 16.2. The van der Waals surface area contributed by atoms with Gasteiger partial charge in [-0.05, 0) is 38.8 Å². The lowest BCUT2D eigenvalue weighted by molar-refractivity contribution is -0.0172. The van der Waals surface area contributed by atoms with E-state index in [0.29, 0.717) is 25.5 Å². The Labute approximate surface area is 212 Å². The molecule has 0 amide bonds. The van der Waals surface area contributed by atoms with Gasteiger partial charge in [0.25, 0.3) is 0 Å². The molecule has 7 nitrogen and oxygen atoms in total. The molecule has 8 heteroatoms. The van der Waals surface area contributed by atoms with Gasteiger partial charge >= 0.3 is 0 Å². The van der Waals surface area contributed by atoms with Crippen LogP contribution in [0, 0.1) is 5.82 Å². The summed E-state index contributed by atoms with van der Waals surface area (Å²) in [6.07, 6.45) is 1.47. The van der Waals surface area contributed by atoms with Crippen molar-refractivity contribution in [3.8, 4) is 22.9 Å². The molecule has 1 fully saturated rings. The average molecular weight is 498 g/mol. The molecule has 36 heavy (non-hydrogen) atoms. The van der Waals surface area contributed by atoms with Crippen LogP contribution >= 0.6 is 0 Å². The Kier molecular flexibility index (Phi) is 9.09. The van der Waals surface area contributed by atoms with Crippen molar-refractivity contribution >= 4 is 0 Å². The number of aliphatic hydroxyl groups excluding tert-OH is 1. The molecule has 194 valence electrons. The highest BCUT2D eigenvalue weighted by Crippen LogP contribution is 2.35. The minimum atomic E-state index is -0.665. The second kappa shape index (κ2) is 12.5. The zero-order chi connectivity index (χ0) is 25.5. The molecule has 3 aromatic rings. The molecule has 0 radical (unpaired) electrons. The third-order valence-electron chi connectivity index (χ3n) is 6.14. The van der Waals surface area contributed by atoms with Crippen LogP contribution in [0.5, 0.6) is 11.6 Å². The monoisotopic (exact) mass is 497 g/mol. The van der Waals surface area contributed by atoms with Crippen LogP contribution in [0.1, 0.15) is 32.3 Å². The predicted octanol–water partition coefficient (Wildman–Crippen LogP) is 4.79. The van der Waals surface area contributed by atoms with Crippen molar-refractivity contribution in [2.45, 2.75) is 51.5 Å². The average Bonchev–Trinajstić information content (AvgIpc) is 3.48. The van der Waals surface area contributed by atoms with Crippen molar-refractivity contribution in [3.63, 3.8) is 0 Å². The third kappa shape index (κ3) is 6.91. The Bertz CT molecular complexity index is 1100. The Morgan fingerprint density at radius 3 is 2.61 bits per heavy atom. The molecule has 0 unspecified atom stereocenters. The lowest BCUT2D eigenvalue weighted by Gasteiger charge is -2.28. The second-order valence-electron chi connectivity index (χ2n) is 9.52. The van der Waals surface area contributed by atoms with Crippen molar-refractivity contribution in [2.75, 3.05) is 26.3 Å². The van der Waals surface area contributed by atoms with Gasteiger partial charge in [0.15, 0.2) is 11.6 Å². The molecule has 1 aliphatic rings. The van der Waals surface area contributed by atoms with E-state index in [2.05, 4.69) is 4.90 Å². The number of halogens is 1. The fourth-order valence-corrected chi connectivity index (χ4v) is 4.44. The highest BCUT2D eigenvalue weighted by molar-refractivity contribution is 5.65. The molecule has 0 aliphatic carbocycles. The summed E-state index contributed by atoms with van der Waals surface area (Å²) in [4.78, 5) is 2.15. The van der Waals surface area contributed by atoms with Gasteiger partial charge in [0, 0.05) is 38.9 Å². The lowest BCUT2D eigenvalue weighted by atomic mass is 10.1. The standard InChI is InChI=1S/C28H36FN3O4/c1-20(2)35-19-22(33)16-32(17-23-12-9-15-34-23)18-24-27(21-10-5-4-6-11-21)30-31(3)28(24)36-26-14-8-7-13-25(26)29/h4-8,10-11,13-14,20,22-23,33H,9,12,15-19H2,1-3H3/t22-,23-/m1/s1. The highest BCUT2D eigenvalue weighted by Gasteiger charge is 2.27.